The van der Waals surface area contributed by atoms with Gasteiger partial charge < -0.3 is 10.6 Å². The largest absolute Gasteiger partial charge is 0.416 e. The number of nitrogens with one attached hydrogen (secondary N) is 2. The van der Waals surface area contributed by atoms with Crippen molar-refractivity contribution in [3.05, 3.63) is 100 Å². The van der Waals surface area contributed by atoms with Crippen LogP contribution < -0.4 is 10.6 Å². The average molecular weight is 481 g/mol. The fourth-order valence-electron chi connectivity index (χ4n) is 2.88. The third-order valence-corrected chi connectivity index (χ3v) is 4.72. The van der Waals surface area contributed by atoms with Gasteiger partial charge in [-0.25, -0.2) is 0 Å². The van der Waals surface area contributed by atoms with Gasteiger partial charge in [0.2, 0.25) is 0 Å². The molecule has 0 spiro atoms. The lowest BCUT2D eigenvalue weighted by Crippen LogP contribution is -2.26. The lowest BCUT2D eigenvalue weighted by molar-refractivity contribution is -0.138. The van der Waals surface area contributed by atoms with Gasteiger partial charge >= 0.3 is 12.4 Å². The van der Waals surface area contributed by atoms with Crippen molar-refractivity contribution in [3.8, 4) is 0 Å². The standard InChI is InChI=1S/C23H17F6N3O2/c24-22(25,26)17-5-1-14(2-6-17)12-31-20(33)16-9-10-30-19(11-16)21(34)32-13-15-3-7-18(8-4-15)23(27,28)29/h1-11H,12-13H2,(H,31,33)(H,32,34). The molecule has 2 N–H and O–H groups in total. The lowest BCUT2D eigenvalue weighted by Gasteiger charge is -2.10. The smallest absolute Gasteiger partial charge is 0.348 e. The highest BCUT2D eigenvalue weighted by atomic mass is 19.4. The van der Waals surface area contributed by atoms with E-state index in [4.69, 9.17) is 0 Å². The topological polar surface area (TPSA) is 71.1 Å². The minimum atomic E-state index is -4.46. The highest BCUT2D eigenvalue weighted by Crippen LogP contribution is 2.29. The van der Waals surface area contributed by atoms with E-state index in [0.29, 0.717) is 11.1 Å². The van der Waals surface area contributed by atoms with E-state index in [1.807, 2.05) is 0 Å². The second-order valence-corrected chi connectivity index (χ2v) is 7.18. The van der Waals surface area contributed by atoms with Crippen molar-refractivity contribution in [1.82, 2.24) is 15.6 Å². The number of hydrogen-bond acceptors (Lipinski definition) is 3. The van der Waals surface area contributed by atoms with Gasteiger partial charge in [0.1, 0.15) is 5.69 Å². The van der Waals surface area contributed by atoms with Crippen LogP contribution in [-0.2, 0) is 25.4 Å². The number of halogens is 6. The third kappa shape index (κ3) is 6.56. The van der Waals surface area contributed by atoms with Crippen molar-refractivity contribution in [3.63, 3.8) is 0 Å². The van der Waals surface area contributed by atoms with E-state index in [1.54, 1.807) is 0 Å². The molecule has 178 valence electrons. The van der Waals surface area contributed by atoms with Crippen LogP contribution in [0.3, 0.4) is 0 Å². The Morgan fingerprint density at radius 3 is 1.56 bits per heavy atom. The highest BCUT2D eigenvalue weighted by Gasteiger charge is 2.30. The molecule has 0 bridgehead atoms. The minimum Gasteiger partial charge on any atom is -0.348 e. The van der Waals surface area contributed by atoms with E-state index in [0.717, 1.165) is 24.3 Å². The van der Waals surface area contributed by atoms with E-state index in [2.05, 4.69) is 15.6 Å². The molecular formula is C23H17F6N3O2. The van der Waals surface area contributed by atoms with Gasteiger partial charge in [0.05, 0.1) is 11.1 Å². The molecule has 3 rings (SSSR count). The van der Waals surface area contributed by atoms with Crippen LogP contribution in [0.5, 0.6) is 0 Å². The minimum absolute atomic E-state index is 0.0330. The number of hydrogen-bond donors (Lipinski definition) is 2. The summed E-state index contributed by atoms with van der Waals surface area (Å²) in [7, 11) is 0. The number of carbonyl (C=O) groups excluding carboxylic acids is 2. The maximum atomic E-state index is 12.6. The van der Waals surface area contributed by atoms with Gasteiger partial charge in [-0.3, -0.25) is 14.6 Å². The van der Waals surface area contributed by atoms with E-state index in [9.17, 15) is 35.9 Å². The van der Waals surface area contributed by atoms with Crippen molar-refractivity contribution in [2.75, 3.05) is 0 Å². The van der Waals surface area contributed by atoms with Crippen LogP contribution in [0.4, 0.5) is 26.3 Å². The van der Waals surface area contributed by atoms with Gasteiger partial charge in [-0.1, -0.05) is 24.3 Å². The summed E-state index contributed by atoms with van der Waals surface area (Å²) < 4.78 is 75.7. The van der Waals surface area contributed by atoms with Crippen LogP contribution in [0, 0.1) is 0 Å². The molecule has 3 aromatic rings. The summed E-state index contributed by atoms with van der Waals surface area (Å²) >= 11 is 0. The Hall–Kier alpha value is -3.89. The zero-order valence-corrected chi connectivity index (χ0v) is 17.3. The second kappa shape index (κ2) is 9.94. The van der Waals surface area contributed by atoms with Crippen LogP contribution in [-0.4, -0.2) is 16.8 Å². The van der Waals surface area contributed by atoms with E-state index >= 15 is 0 Å². The Bertz CT molecular complexity index is 1070. The fourth-order valence-corrected chi connectivity index (χ4v) is 2.88. The molecule has 2 amide bonds. The Morgan fingerprint density at radius 2 is 1.12 bits per heavy atom. The zero-order valence-electron chi connectivity index (χ0n) is 17.3. The first kappa shape index (κ1) is 24.7. The summed E-state index contributed by atoms with van der Waals surface area (Å²) in [6, 6.07) is 11.2. The molecule has 0 radical (unpaired) electrons. The first-order valence-corrected chi connectivity index (χ1v) is 9.78. The molecule has 5 nitrogen and oxygen atoms in total. The number of carbonyl (C=O) groups is 2. The van der Waals surface area contributed by atoms with Crippen LogP contribution in [0.2, 0.25) is 0 Å². The molecule has 1 heterocycles. The molecule has 0 atom stereocenters. The third-order valence-electron chi connectivity index (χ3n) is 4.72. The molecule has 0 fully saturated rings. The molecule has 0 saturated carbocycles. The summed E-state index contributed by atoms with van der Waals surface area (Å²) in [4.78, 5) is 28.6. The number of pyridine rings is 1. The number of alkyl halides is 6. The van der Waals surface area contributed by atoms with Crippen LogP contribution in [0.15, 0.2) is 66.9 Å². The zero-order chi connectivity index (χ0) is 24.9. The van der Waals surface area contributed by atoms with Gasteiger partial charge in [0.15, 0.2) is 0 Å². The quantitative estimate of drug-likeness (QED) is 0.488. The van der Waals surface area contributed by atoms with Crippen LogP contribution in [0.1, 0.15) is 43.1 Å². The van der Waals surface area contributed by atoms with Gasteiger partial charge in [-0.05, 0) is 47.5 Å². The molecule has 11 heteroatoms. The van der Waals surface area contributed by atoms with E-state index < -0.39 is 35.3 Å². The fraction of sp³-hybridized carbons (Fsp3) is 0.174. The van der Waals surface area contributed by atoms with Crippen molar-refractivity contribution in [2.24, 2.45) is 0 Å². The van der Waals surface area contributed by atoms with Gasteiger partial charge in [-0.2, -0.15) is 26.3 Å². The Kier molecular flexibility index (Phi) is 7.23. The number of rotatable bonds is 6. The first-order chi connectivity index (χ1) is 15.9. The van der Waals surface area contributed by atoms with Crippen molar-refractivity contribution in [1.29, 1.82) is 0 Å². The Morgan fingerprint density at radius 1 is 0.676 bits per heavy atom. The molecule has 1 aromatic heterocycles. The molecule has 0 aliphatic carbocycles. The molecule has 0 saturated heterocycles. The van der Waals surface area contributed by atoms with Crippen molar-refractivity contribution >= 4 is 11.8 Å². The Balaban J connectivity index is 1.57. The summed E-state index contributed by atoms with van der Waals surface area (Å²) in [5.41, 5.74) is -0.713. The van der Waals surface area contributed by atoms with E-state index in [1.165, 1.54) is 42.6 Å². The Labute approximate surface area is 189 Å². The maximum absolute atomic E-state index is 12.6. The highest BCUT2D eigenvalue weighted by molar-refractivity contribution is 5.98. The number of benzene rings is 2. The summed E-state index contributed by atoms with van der Waals surface area (Å²) in [6.07, 6.45) is -7.68. The van der Waals surface area contributed by atoms with Gasteiger partial charge in [-0.15, -0.1) is 0 Å². The van der Waals surface area contributed by atoms with Crippen LogP contribution in [0.25, 0.3) is 0 Å². The number of amides is 2. The SMILES string of the molecule is O=C(NCc1ccc(C(F)(F)F)cc1)c1ccnc(C(=O)NCc2ccc(C(F)(F)F)cc2)c1. The molecule has 34 heavy (non-hydrogen) atoms. The monoisotopic (exact) mass is 481 g/mol. The summed E-state index contributed by atoms with van der Waals surface area (Å²) in [5.74, 6) is -1.21. The summed E-state index contributed by atoms with van der Waals surface area (Å²) in [6.45, 7) is -0.0856. The molecule has 0 unspecified atom stereocenters. The predicted octanol–water partition coefficient (Wildman–Crippen LogP) is 4.98. The van der Waals surface area contributed by atoms with Crippen molar-refractivity contribution in [2.45, 2.75) is 25.4 Å². The first-order valence-electron chi connectivity index (χ1n) is 9.78. The lowest BCUT2D eigenvalue weighted by atomic mass is 10.1. The van der Waals surface area contributed by atoms with Gasteiger partial charge in [0, 0.05) is 24.8 Å². The number of nitrogens with zero attached hydrogens (tertiary/aromatic N) is 1. The molecule has 0 aliphatic heterocycles. The average Bonchev–Trinajstić information content (AvgIpc) is 2.80. The van der Waals surface area contributed by atoms with Crippen molar-refractivity contribution < 1.29 is 35.9 Å². The van der Waals surface area contributed by atoms with Crippen LogP contribution >= 0.6 is 0 Å². The molecule has 0 aliphatic rings. The normalized spacial score (nSPS) is 11.7. The second-order valence-electron chi connectivity index (χ2n) is 7.18. The van der Waals surface area contributed by atoms with E-state index in [-0.39, 0.29) is 24.3 Å². The molecular weight excluding hydrogens is 464 g/mol. The maximum Gasteiger partial charge on any atom is 0.416 e. The molecule has 2 aromatic carbocycles. The number of aromatic nitrogens is 1. The predicted molar refractivity (Wildman–Crippen MR) is 109 cm³/mol. The van der Waals surface area contributed by atoms with Gasteiger partial charge in [0.25, 0.3) is 11.8 Å². The summed E-state index contributed by atoms with van der Waals surface area (Å²) in [5, 5.41) is 5.05.